The van der Waals surface area contributed by atoms with Gasteiger partial charge in [-0.05, 0) is 72.6 Å². The van der Waals surface area contributed by atoms with Crippen molar-refractivity contribution >= 4 is 57.3 Å². The number of carbonyl (C=O) groups is 1. The molecule has 4 nitrogen and oxygen atoms in total. The van der Waals surface area contributed by atoms with Crippen molar-refractivity contribution in [2.45, 2.75) is 40.0 Å². The summed E-state index contributed by atoms with van der Waals surface area (Å²) in [5.74, 6) is 1.61. The number of aliphatic imine (C=N–C) groups is 1. The summed E-state index contributed by atoms with van der Waals surface area (Å²) in [6.45, 7) is 6.87. The number of hydrogen-bond donors (Lipinski definition) is 1. The van der Waals surface area contributed by atoms with Crippen molar-refractivity contribution < 1.29 is 9.21 Å². The van der Waals surface area contributed by atoms with Crippen LogP contribution < -0.4 is 5.32 Å². The predicted molar refractivity (Wildman–Crippen MR) is 155 cm³/mol. The Hall–Kier alpha value is -2.86. The van der Waals surface area contributed by atoms with Crippen LogP contribution in [0.4, 0.5) is 10.7 Å². The molecule has 7 heteroatoms. The largest absolute Gasteiger partial charge is 0.455 e. The lowest BCUT2D eigenvalue weighted by Crippen LogP contribution is -2.27. The van der Waals surface area contributed by atoms with E-state index in [2.05, 4.69) is 26.1 Å². The maximum Gasteiger partial charge on any atom is 0.259 e. The van der Waals surface area contributed by atoms with Crippen molar-refractivity contribution in [3.63, 3.8) is 0 Å². The molecule has 0 saturated carbocycles. The Morgan fingerprint density at radius 3 is 2.62 bits per heavy atom. The Labute approximate surface area is 231 Å². The van der Waals surface area contributed by atoms with E-state index < -0.39 is 0 Å². The number of anilines is 1. The lowest BCUT2D eigenvalue weighted by atomic mass is 9.72. The maximum atomic E-state index is 13.5. The van der Waals surface area contributed by atoms with Crippen LogP contribution in [0.2, 0.25) is 10.0 Å². The van der Waals surface area contributed by atoms with Gasteiger partial charge in [-0.15, -0.1) is 11.3 Å². The normalized spacial score (nSPS) is 15.6. The van der Waals surface area contributed by atoms with Crippen molar-refractivity contribution in [3.8, 4) is 11.3 Å². The molecule has 0 unspecified atom stereocenters. The molecule has 190 valence electrons. The van der Waals surface area contributed by atoms with E-state index in [-0.39, 0.29) is 11.3 Å². The second kappa shape index (κ2) is 10.5. The molecular formula is C30H28Cl2N2O2S. The topological polar surface area (TPSA) is 54.6 Å². The van der Waals surface area contributed by atoms with Gasteiger partial charge in [-0.25, -0.2) is 4.99 Å². The molecule has 2 heterocycles. The number of nitrogens with zero attached hydrogens (tertiary/aromatic N) is 1. The van der Waals surface area contributed by atoms with Crippen molar-refractivity contribution in [3.05, 3.63) is 92.5 Å². The van der Waals surface area contributed by atoms with Crippen LogP contribution >= 0.6 is 34.5 Å². The van der Waals surface area contributed by atoms with E-state index >= 15 is 0 Å². The minimum Gasteiger partial charge on any atom is -0.455 e. The molecule has 2 aromatic carbocycles. The molecule has 0 fully saturated rings. The van der Waals surface area contributed by atoms with Gasteiger partial charge < -0.3 is 9.73 Å². The van der Waals surface area contributed by atoms with Crippen LogP contribution in [0.3, 0.4) is 0 Å². The third-order valence-corrected chi connectivity index (χ3v) is 8.86. The van der Waals surface area contributed by atoms with Crippen molar-refractivity contribution in [1.29, 1.82) is 0 Å². The molecule has 1 aliphatic rings. The van der Waals surface area contributed by atoms with Gasteiger partial charge in [0.15, 0.2) is 0 Å². The third kappa shape index (κ3) is 5.54. The highest BCUT2D eigenvalue weighted by Gasteiger charge is 2.33. The van der Waals surface area contributed by atoms with Gasteiger partial charge in [0.2, 0.25) is 0 Å². The Morgan fingerprint density at radius 2 is 1.86 bits per heavy atom. The van der Waals surface area contributed by atoms with Crippen LogP contribution in [-0.2, 0) is 12.8 Å². The van der Waals surface area contributed by atoms with Crippen molar-refractivity contribution in [2.75, 3.05) is 5.32 Å². The number of nitrogens with one attached hydrogen (secondary N) is 1. The molecule has 0 aliphatic heterocycles. The number of furan rings is 1. The molecule has 0 saturated heterocycles. The number of amides is 1. The van der Waals surface area contributed by atoms with Crippen LogP contribution in [0.25, 0.3) is 11.3 Å². The summed E-state index contributed by atoms with van der Waals surface area (Å²) in [7, 11) is 0. The van der Waals surface area contributed by atoms with Crippen LogP contribution in [-0.4, -0.2) is 12.1 Å². The van der Waals surface area contributed by atoms with Gasteiger partial charge >= 0.3 is 0 Å². The first kappa shape index (κ1) is 25.8. The third-order valence-electron chi connectivity index (χ3n) is 6.88. The van der Waals surface area contributed by atoms with Gasteiger partial charge in [0.25, 0.3) is 5.91 Å². The van der Waals surface area contributed by atoms with Gasteiger partial charge in [-0.1, -0.05) is 68.2 Å². The molecule has 4 aromatic rings. The molecule has 2 aromatic heterocycles. The van der Waals surface area contributed by atoms with Crippen molar-refractivity contribution in [1.82, 2.24) is 0 Å². The molecule has 1 N–H and O–H groups in total. The Bertz CT molecular complexity index is 1460. The minimum absolute atomic E-state index is 0.129. The van der Waals surface area contributed by atoms with E-state index in [1.54, 1.807) is 23.6 Å². The van der Waals surface area contributed by atoms with E-state index in [1.807, 2.05) is 54.6 Å². The molecular weight excluding hydrogens is 523 g/mol. The number of benzene rings is 2. The first-order valence-electron chi connectivity index (χ1n) is 12.3. The molecule has 37 heavy (non-hydrogen) atoms. The van der Waals surface area contributed by atoms with Crippen LogP contribution in [0.15, 0.2) is 70.1 Å². The fourth-order valence-electron chi connectivity index (χ4n) is 4.73. The maximum absolute atomic E-state index is 13.5. The number of fused-ring (bicyclic) bond motifs is 1. The molecule has 1 aliphatic carbocycles. The minimum atomic E-state index is -0.129. The lowest BCUT2D eigenvalue weighted by molar-refractivity contribution is 0.102. The van der Waals surface area contributed by atoms with E-state index in [4.69, 9.17) is 32.6 Å². The number of hydrogen-bond acceptors (Lipinski definition) is 4. The summed E-state index contributed by atoms with van der Waals surface area (Å²) >= 11 is 14.1. The van der Waals surface area contributed by atoms with E-state index in [1.165, 1.54) is 4.88 Å². The lowest BCUT2D eigenvalue weighted by Gasteiger charge is -2.33. The van der Waals surface area contributed by atoms with Crippen LogP contribution in [0.5, 0.6) is 0 Å². The highest BCUT2D eigenvalue weighted by molar-refractivity contribution is 7.16. The van der Waals surface area contributed by atoms with E-state index in [9.17, 15) is 4.79 Å². The second-order valence-corrected chi connectivity index (χ2v) is 12.2. The number of para-hydroxylation sites is 1. The number of thiophene rings is 1. The first-order chi connectivity index (χ1) is 17.7. The van der Waals surface area contributed by atoms with Crippen LogP contribution in [0, 0.1) is 11.3 Å². The standard InChI is InChI=1S/C30H28Cl2N2O2S/c1-30(2,3)18-12-14-22-25(16-18)37-29(26(22)28(35)34-19-8-5-4-6-9-19)33-17-20-13-15-24(36-20)21-10-7-11-23(31)27(21)32/h4-11,13,15,17-18H,12,14,16H2,1-3H3,(H,34,35)/t18-/m0/s1. The summed E-state index contributed by atoms with van der Waals surface area (Å²) in [5, 5.41) is 4.67. The smallest absolute Gasteiger partial charge is 0.259 e. The molecule has 1 amide bonds. The first-order valence-corrected chi connectivity index (χ1v) is 13.9. The number of rotatable bonds is 5. The molecule has 1 atom stereocenters. The zero-order valence-corrected chi connectivity index (χ0v) is 23.3. The highest BCUT2D eigenvalue weighted by atomic mass is 35.5. The summed E-state index contributed by atoms with van der Waals surface area (Å²) in [4.78, 5) is 19.5. The van der Waals surface area contributed by atoms with Crippen LogP contribution in [0.1, 0.15) is 53.8 Å². The summed E-state index contributed by atoms with van der Waals surface area (Å²) in [6.07, 6.45) is 4.56. The quantitative estimate of drug-likeness (QED) is 0.251. The van der Waals surface area contributed by atoms with Gasteiger partial charge in [0.05, 0.1) is 21.8 Å². The molecule has 5 rings (SSSR count). The zero-order valence-electron chi connectivity index (χ0n) is 21.0. The summed E-state index contributed by atoms with van der Waals surface area (Å²) in [5.41, 5.74) is 3.48. The Kier molecular flexibility index (Phi) is 7.30. The number of halogens is 2. The van der Waals surface area contributed by atoms with Crippen molar-refractivity contribution in [2.24, 2.45) is 16.3 Å². The van der Waals surface area contributed by atoms with Gasteiger partial charge in [-0.2, -0.15) is 0 Å². The zero-order chi connectivity index (χ0) is 26.2. The molecule has 0 radical (unpaired) electrons. The van der Waals surface area contributed by atoms with E-state index in [0.717, 1.165) is 36.1 Å². The van der Waals surface area contributed by atoms with Gasteiger partial charge in [0, 0.05) is 16.1 Å². The fourth-order valence-corrected chi connectivity index (χ4v) is 6.40. The van der Waals surface area contributed by atoms with E-state index in [0.29, 0.717) is 38.0 Å². The average molecular weight is 552 g/mol. The average Bonchev–Trinajstić information content (AvgIpc) is 3.48. The molecule has 0 bridgehead atoms. The second-order valence-electron chi connectivity index (χ2n) is 10.4. The SMILES string of the molecule is CC(C)(C)[C@H]1CCc2c(sc(N=Cc3ccc(-c4cccc(Cl)c4Cl)o3)c2C(=O)Nc2ccccc2)C1. The molecule has 0 spiro atoms. The van der Waals surface area contributed by atoms with Gasteiger partial charge in [-0.3, -0.25) is 4.79 Å². The Morgan fingerprint density at radius 1 is 1.08 bits per heavy atom. The number of carbonyl (C=O) groups excluding carboxylic acids is 1. The monoisotopic (exact) mass is 550 g/mol. The Balaban J connectivity index is 1.48. The predicted octanol–water partition coefficient (Wildman–Crippen LogP) is 9.47. The summed E-state index contributed by atoms with van der Waals surface area (Å²) < 4.78 is 6.00. The van der Waals surface area contributed by atoms with Gasteiger partial charge in [0.1, 0.15) is 16.5 Å². The highest BCUT2D eigenvalue weighted by Crippen LogP contribution is 2.45. The fraction of sp³-hybridized carbons (Fsp3) is 0.267. The summed E-state index contributed by atoms with van der Waals surface area (Å²) in [6, 6.07) is 18.6.